The first-order chi connectivity index (χ1) is 10.4. The molecular weight excluding hydrogens is 276 g/mol. The Hall–Kier alpha value is -1.58. The molecule has 1 aromatic rings. The molecule has 2 rings (SSSR count). The van der Waals surface area contributed by atoms with Crippen LogP contribution in [-0.4, -0.2) is 35.5 Å². The molecule has 0 aliphatic carbocycles. The lowest BCUT2D eigenvalue weighted by Crippen LogP contribution is -2.47. The van der Waals surface area contributed by atoms with Gasteiger partial charge in [0, 0.05) is 42.4 Å². The van der Waals surface area contributed by atoms with E-state index in [1.807, 2.05) is 37.8 Å². The summed E-state index contributed by atoms with van der Waals surface area (Å²) < 4.78 is 5.89. The van der Waals surface area contributed by atoms with Crippen molar-refractivity contribution in [3.8, 4) is 5.75 Å². The highest BCUT2D eigenvalue weighted by Gasteiger charge is 2.33. The van der Waals surface area contributed by atoms with Crippen LogP contribution in [0.2, 0.25) is 0 Å². The molecule has 0 aromatic carbocycles. The fourth-order valence-corrected chi connectivity index (χ4v) is 2.79. The van der Waals surface area contributed by atoms with Crippen molar-refractivity contribution in [2.24, 2.45) is 11.3 Å². The molecule has 1 saturated heterocycles. The third-order valence-electron chi connectivity index (χ3n) is 4.62. The minimum absolute atomic E-state index is 0.259. The number of ether oxygens (including phenoxy) is 1. The second-order valence-electron chi connectivity index (χ2n) is 6.94. The SMILES string of the molecule is CCC(C)(C)C(=O)N1CCCC(COc2ccnc(C)c2)C1. The van der Waals surface area contributed by atoms with Crippen molar-refractivity contribution in [3.05, 3.63) is 24.0 Å². The summed E-state index contributed by atoms with van der Waals surface area (Å²) in [5.41, 5.74) is 0.702. The van der Waals surface area contributed by atoms with Gasteiger partial charge >= 0.3 is 0 Å². The smallest absolute Gasteiger partial charge is 0.228 e. The van der Waals surface area contributed by atoms with Gasteiger partial charge in [-0.3, -0.25) is 9.78 Å². The first-order valence-electron chi connectivity index (χ1n) is 8.27. The maximum atomic E-state index is 12.6. The maximum Gasteiger partial charge on any atom is 0.228 e. The second-order valence-corrected chi connectivity index (χ2v) is 6.94. The van der Waals surface area contributed by atoms with Crippen molar-refractivity contribution in [1.82, 2.24) is 9.88 Å². The summed E-state index contributed by atoms with van der Waals surface area (Å²) in [5.74, 6) is 1.56. The molecule has 1 amide bonds. The predicted molar refractivity (Wildman–Crippen MR) is 87.8 cm³/mol. The number of rotatable bonds is 5. The normalized spacial score (nSPS) is 19.1. The van der Waals surface area contributed by atoms with Crippen LogP contribution in [0.1, 0.15) is 45.7 Å². The zero-order valence-corrected chi connectivity index (χ0v) is 14.3. The van der Waals surface area contributed by atoms with Gasteiger partial charge in [-0.15, -0.1) is 0 Å². The van der Waals surface area contributed by atoms with E-state index < -0.39 is 0 Å². The number of carbonyl (C=O) groups excluding carboxylic acids is 1. The number of likely N-dealkylation sites (tertiary alicyclic amines) is 1. The van der Waals surface area contributed by atoms with Gasteiger partial charge in [-0.2, -0.15) is 0 Å². The van der Waals surface area contributed by atoms with E-state index in [4.69, 9.17) is 4.74 Å². The molecule has 1 aromatic heterocycles. The lowest BCUT2D eigenvalue weighted by Gasteiger charge is -2.37. The second kappa shape index (κ2) is 7.12. The number of nitrogens with zero attached hydrogens (tertiary/aromatic N) is 2. The number of aryl methyl sites for hydroxylation is 1. The number of aromatic nitrogens is 1. The Bertz CT molecular complexity index is 514. The summed E-state index contributed by atoms with van der Waals surface area (Å²) in [6.07, 6.45) is 4.83. The molecule has 0 saturated carbocycles. The molecule has 4 heteroatoms. The van der Waals surface area contributed by atoms with Crippen molar-refractivity contribution in [1.29, 1.82) is 0 Å². The molecule has 1 fully saturated rings. The van der Waals surface area contributed by atoms with Gasteiger partial charge < -0.3 is 9.64 Å². The highest BCUT2D eigenvalue weighted by molar-refractivity contribution is 5.82. The van der Waals surface area contributed by atoms with Crippen LogP contribution in [0.5, 0.6) is 5.75 Å². The molecular formula is C18H28N2O2. The Balaban J connectivity index is 1.89. The summed E-state index contributed by atoms with van der Waals surface area (Å²) in [6.45, 7) is 10.5. The van der Waals surface area contributed by atoms with Crippen molar-refractivity contribution < 1.29 is 9.53 Å². The quantitative estimate of drug-likeness (QED) is 0.837. The summed E-state index contributed by atoms with van der Waals surface area (Å²) in [7, 11) is 0. The van der Waals surface area contributed by atoms with E-state index in [9.17, 15) is 4.79 Å². The lowest BCUT2D eigenvalue weighted by atomic mass is 9.87. The summed E-state index contributed by atoms with van der Waals surface area (Å²) in [5, 5.41) is 0. The highest BCUT2D eigenvalue weighted by atomic mass is 16.5. The first kappa shape index (κ1) is 16.8. The topological polar surface area (TPSA) is 42.4 Å². The first-order valence-corrected chi connectivity index (χ1v) is 8.27. The molecule has 2 heterocycles. The Morgan fingerprint density at radius 3 is 2.95 bits per heavy atom. The third-order valence-corrected chi connectivity index (χ3v) is 4.62. The van der Waals surface area contributed by atoms with Crippen LogP contribution in [-0.2, 0) is 4.79 Å². The molecule has 1 atom stereocenters. The minimum Gasteiger partial charge on any atom is -0.493 e. The zero-order valence-electron chi connectivity index (χ0n) is 14.3. The van der Waals surface area contributed by atoms with Crippen LogP contribution in [0.3, 0.4) is 0 Å². The Morgan fingerprint density at radius 1 is 1.50 bits per heavy atom. The third kappa shape index (κ3) is 4.21. The van der Waals surface area contributed by atoms with Crippen molar-refractivity contribution in [3.63, 3.8) is 0 Å². The Morgan fingerprint density at radius 2 is 2.27 bits per heavy atom. The highest BCUT2D eigenvalue weighted by Crippen LogP contribution is 2.27. The fourth-order valence-electron chi connectivity index (χ4n) is 2.79. The summed E-state index contributed by atoms with van der Waals surface area (Å²) >= 11 is 0. The molecule has 0 bridgehead atoms. The van der Waals surface area contributed by atoms with Gasteiger partial charge in [0.2, 0.25) is 5.91 Å². The van der Waals surface area contributed by atoms with E-state index in [1.54, 1.807) is 6.20 Å². The average Bonchev–Trinajstić information content (AvgIpc) is 2.52. The Labute approximate surface area is 133 Å². The number of hydrogen-bond acceptors (Lipinski definition) is 3. The molecule has 22 heavy (non-hydrogen) atoms. The zero-order chi connectivity index (χ0) is 16.2. The molecule has 0 radical (unpaired) electrons. The largest absolute Gasteiger partial charge is 0.493 e. The Kier molecular flexibility index (Phi) is 5.43. The van der Waals surface area contributed by atoms with Crippen LogP contribution in [0.25, 0.3) is 0 Å². The van der Waals surface area contributed by atoms with E-state index in [0.29, 0.717) is 12.5 Å². The standard InChI is InChI=1S/C18H28N2O2/c1-5-18(3,4)17(21)20-10-6-7-15(12-20)13-22-16-8-9-19-14(2)11-16/h8-9,11,15H,5-7,10,12-13H2,1-4H3. The van der Waals surface area contributed by atoms with Gasteiger partial charge in [0.1, 0.15) is 5.75 Å². The van der Waals surface area contributed by atoms with Crippen molar-refractivity contribution >= 4 is 5.91 Å². The van der Waals surface area contributed by atoms with E-state index >= 15 is 0 Å². The molecule has 1 aliphatic heterocycles. The monoisotopic (exact) mass is 304 g/mol. The van der Waals surface area contributed by atoms with E-state index in [0.717, 1.165) is 43.8 Å². The van der Waals surface area contributed by atoms with Gasteiger partial charge in [0.25, 0.3) is 0 Å². The molecule has 0 spiro atoms. The van der Waals surface area contributed by atoms with Crippen molar-refractivity contribution in [2.75, 3.05) is 19.7 Å². The van der Waals surface area contributed by atoms with Crippen LogP contribution in [0, 0.1) is 18.3 Å². The number of amides is 1. The minimum atomic E-state index is -0.259. The summed E-state index contributed by atoms with van der Waals surface area (Å²) in [4.78, 5) is 18.8. The number of hydrogen-bond donors (Lipinski definition) is 0. The summed E-state index contributed by atoms with van der Waals surface area (Å²) in [6, 6.07) is 3.84. The van der Waals surface area contributed by atoms with Crippen LogP contribution >= 0.6 is 0 Å². The molecule has 4 nitrogen and oxygen atoms in total. The van der Waals surface area contributed by atoms with Gasteiger partial charge in [0.15, 0.2) is 0 Å². The van der Waals surface area contributed by atoms with Gasteiger partial charge in [-0.25, -0.2) is 0 Å². The van der Waals surface area contributed by atoms with Gasteiger partial charge in [-0.1, -0.05) is 20.8 Å². The van der Waals surface area contributed by atoms with E-state index in [-0.39, 0.29) is 11.3 Å². The molecule has 1 aliphatic rings. The lowest BCUT2D eigenvalue weighted by molar-refractivity contribution is -0.142. The number of pyridine rings is 1. The van der Waals surface area contributed by atoms with Gasteiger partial charge in [0.05, 0.1) is 6.61 Å². The van der Waals surface area contributed by atoms with E-state index in [1.165, 1.54) is 0 Å². The van der Waals surface area contributed by atoms with E-state index in [2.05, 4.69) is 11.9 Å². The molecule has 1 unspecified atom stereocenters. The van der Waals surface area contributed by atoms with Crippen LogP contribution in [0.15, 0.2) is 18.3 Å². The van der Waals surface area contributed by atoms with Crippen LogP contribution in [0.4, 0.5) is 0 Å². The van der Waals surface area contributed by atoms with Crippen LogP contribution < -0.4 is 4.74 Å². The maximum absolute atomic E-state index is 12.6. The molecule has 122 valence electrons. The van der Waals surface area contributed by atoms with Crippen molar-refractivity contribution in [2.45, 2.75) is 47.0 Å². The average molecular weight is 304 g/mol. The predicted octanol–water partition coefficient (Wildman–Crippen LogP) is 3.44. The fraction of sp³-hybridized carbons (Fsp3) is 0.667. The number of carbonyl (C=O) groups is 1. The number of piperidine rings is 1. The molecule has 0 N–H and O–H groups in total. The van der Waals surface area contributed by atoms with Gasteiger partial charge in [-0.05, 0) is 32.3 Å².